The Balaban J connectivity index is 1.47. The van der Waals surface area contributed by atoms with Crippen LogP contribution in [0.25, 0.3) is 0 Å². The van der Waals surface area contributed by atoms with Gasteiger partial charge in [0.05, 0.1) is 16.3 Å². The minimum absolute atomic E-state index is 0.135. The zero-order chi connectivity index (χ0) is 19.3. The molecular weight excluding hydrogens is 388 g/mol. The summed E-state index contributed by atoms with van der Waals surface area (Å²) < 4.78 is 0. The van der Waals surface area contributed by atoms with Crippen molar-refractivity contribution < 1.29 is 4.79 Å². The summed E-state index contributed by atoms with van der Waals surface area (Å²) in [6, 6.07) is 9.75. The second-order valence-electron chi connectivity index (χ2n) is 6.90. The van der Waals surface area contributed by atoms with Gasteiger partial charge in [-0.25, -0.2) is 9.97 Å². The van der Waals surface area contributed by atoms with E-state index in [1.165, 1.54) is 11.3 Å². The lowest BCUT2D eigenvalue weighted by atomic mass is 9.92. The molecule has 1 fully saturated rings. The van der Waals surface area contributed by atoms with Crippen LogP contribution in [0, 0.1) is 6.92 Å². The molecule has 3 aromatic heterocycles. The first kappa shape index (κ1) is 19.1. The lowest BCUT2D eigenvalue weighted by molar-refractivity contribution is 0.0710. The monoisotopic (exact) mass is 410 g/mol. The summed E-state index contributed by atoms with van der Waals surface area (Å²) in [5, 5.41) is 2.72. The van der Waals surface area contributed by atoms with E-state index in [0.29, 0.717) is 0 Å². The van der Waals surface area contributed by atoms with Crippen molar-refractivity contribution >= 4 is 29.0 Å². The van der Waals surface area contributed by atoms with Gasteiger partial charge in [-0.2, -0.15) is 0 Å². The molecule has 1 saturated heterocycles. The number of rotatable bonds is 5. The Kier molecular flexibility index (Phi) is 6.02. The minimum Gasteiger partial charge on any atom is -0.337 e. The van der Waals surface area contributed by atoms with Gasteiger partial charge < -0.3 is 4.90 Å². The number of piperidine rings is 1. The van der Waals surface area contributed by atoms with Crippen LogP contribution in [0.1, 0.15) is 45.4 Å². The zero-order valence-corrected chi connectivity index (χ0v) is 17.4. The first-order valence-electron chi connectivity index (χ1n) is 9.40. The van der Waals surface area contributed by atoms with E-state index >= 15 is 0 Å². The smallest absolute Gasteiger partial charge is 0.263 e. The van der Waals surface area contributed by atoms with Gasteiger partial charge in [-0.05, 0) is 48.9 Å². The maximum atomic E-state index is 12.7. The average Bonchev–Trinajstić information content (AvgIpc) is 3.28. The topological polar surface area (TPSA) is 59.0 Å². The van der Waals surface area contributed by atoms with Gasteiger partial charge in [-0.3, -0.25) is 9.78 Å². The molecule has 0 radical (unpaired) electrons. The van der Waals surface area contributed by atoms with Crippen molar-refractivity contribution in [2.24, 2.45) is 0 Å². The molecule has 7 heteroatoms. The molecule has 28 heavy (non-hydrogen) atoms. The molecule has 0 spiro atoms. The summed E-state index contributed by atoms with van der Waals surface area (Å²) in [7, 11) is 0. The molecule has 1 atom stereocenters. The summed E-state index contributed by atoms with van der Waals surface area (Å²) in [6.07, 6.45) is 5.76. The van der Waals surface area contributed by atoms with Crippen LogP contribution in [-0.4, -0.2) is 38.8 Å². The minimum atomic E-state index is 0.135. The van der Waals surface area contributed by atoms with Crippen molar-refractivity contribution in [3.8, 4) is 0 Å². The number of nitrogens with zero attached hydrogens (tertiary/aromatic N) is 4. The van der Waals surface area contributed by atoms with E-state index in [1.54, 1.807) is 18.0 Å². The summed E-state index contributed by atoms with van der Waals surface area (Å²) in [6.45, 7) is 3.60. The van der Waals surface area contributed by atoms with Crippen LogP contribution in [0.2, 0.25) is 0 Å². The molecule has 4 heterocycles. The molecule has 1 aliphatic rings. The van der Waals surface area contributed by atoms with Crippen LogP contribution in [0.15, 0.2) is 53.3 Å². The third-order valence-electron chi connectivity index (χ3n) is 4.89. The van der Waals surface area contributed by atoms with Crippen molar-refractivity contribution in [2.45, 2.75) is 36.6 Å². The standard InChI is InChI=1S/C21H22N4OS2/c1-15-12-23-21(28-14-17-7-2-3-9-22-17)24-19(15)16-6-4-10-25(13-16)20(26)18-8-5-11-27-18/h2-3,5,7-9,11-12,16H,4,6,10,13-14H2,1H3. The van der Waals surface area contributed by atoms with Gasteiger partial charge in [0.1, 0.15) is 0 Å². The fourth-order valence-corrected chi connectivity index (χ4v) is 4.91. The van der Waals surface area contributed by atoms with Gasteiger partial charge in [0.2, 0.25) is 0 Å². The number of amides is 1. The molecule has 5 nitrogen and oxygen atoms in total. The lowest BCUT2D eigenvalue weighted by Gasteiger charge is -2.32. The summed E-state index contributed by atoms with van der Waals surface area (Å²) >= 11 is 3.11. The van der Waals surface area contributed by atoms with Crippen molar-refractivity contribution in [1.29, 1.82) is 0 Å². The van der Waals surface area contributed by atoms with E-state index in [0.717, 1.165) is 58.7 Å². The average molecular weight is 411 g/mol. The van der Waals surface area contributed by atoms with E-state index in [2.05, 4.69) is 16.9 Å². The van der Waals surface area contributed by atoms with Gasteiger partial charge in [0.25, 0.3) is 5.91 Å². The molecule has 0 saturated carbocycles. The quantitative estimate of drug-likeness (QED) is 0.456. The third kappa shape index (κ3) is 4.42. The lowest BCUT2D eigenvalue weighted by Crippen LogP contribution is -2.39. The molecule has 0 N–H and O–H groups in total. The predicted molar refractivity (Wildman–Crippen MR) is 113 cm³/mol. The molecule has 1 aliphatic heterocycles. The van der Waals surface area contributed by atoms with Crippen LogP contribution in [0.4, 0.5) is 0 Å². The second-order valence-corrected chi connectivity index (χ2v) is 8.79. The largest absolute Gasteiger partial charge is 0.337 e. The number of carbonyl (C=O) groups is 1. The molecule has 3 aromatic rings. The van der Waals surface area contributed by atoms with E-state index in [4.69, 9.17) is 4.98 Å². The molecule has 4 rings (SSSR count). The van der Waals surface area contributed by atoms with Gasteiger partial charge in [-0.1, -0.05) is 23.9 Å². The SMILES string of the molecule is Cc1cnc(SCc2ccccn2)nc1C1CCCN(C(=O)c2cccs2)C1. The number of likely N-dealkylation sites (tertiary alicyclic amines) is 1. The van der Waals surface area contributed by atoms with Crippen LogP contribution < -0.4 is 0 Å². The zero-order valence-electron chi connectivity index (χ0n) is 15.7. The van der Waals surface area contributed by atoms with Crippen LogP contribution in [0.3, 0.4) is 0 Å². The number of aromatic nitrogens is 3. The Morgan fingerprint density at radius 3 is 3.00 bits per heavy atom. The van der Waals surface area contributed by atoms with Crippen molar-refractivity contribution in [1.82, 2.24) is 19.9 Å². The number of thioether (sulfide) groups is 1. The molecule has 1 unspecified atom stereocenters. The summed E-state index contributed by atoms with van der Waals surface area (Å²) in [5.41, 5.74) is 3.18. The Morgan fingerprint density at radius 2 is 2.21 bits per heavy atom. The van der Waals surface area contributed by atoms with Gasteiger partial charge in [0.15, 0.2) is 5.16 Å². The van der Waals surface area contributed by atoms with Crippen LogP contribution in [0.5, 0.6) is 0 Å². The van der Waals surface area contributed by atoms with Gasteiger partial charge in [-0.15, -0.1) is 11.3 Å². The molecule has 0 aliphatic carbocycles. The maximum absolute atomic E-state index is 12.7. The molecule has 1 amide bonds. The number of hydrogen-bond acceptors (Lipinski definition) is 6. The second kappa shape index (κ2) is 8.84. The third-order valence-corrected chi connectivity index (χ3v) is 6.64. The van der Waals surface area contributed by atoms with Gasteiger partial charge in [0, 0.05) is 37.2 Å². The maximum Gasteiger partial charge on any atom is 0.263 e. The normalized spacial score (nSPS) is 16.9. The van der Waals surface area contributed by atoms with Crippen molar-refractivity contribution in [3.05, 3.63) is 69.9 Å². The Morgan fingerprint density at radius 1 is 1.29 bits per heavy atom. The summed E-state index contributed by atoms with van der Waals surface area (Å²) in [4.78, 5) is 29.2. The molecule has 0 bridgehead atoms. The Labute approximate surface area is 173 Å². The van der Waals surface area contributed by atoms with Crippen LogP contribution in [-0.2, 0) is 5.75 Å². The van der Waals surface area contributed by atoms with E-state index < -0.39 is 0 Å². The Bertz CT molecular complexity index is 931. The fourth-order valence-electron chi connectivity index (χ4n) is 3.48. The first-order valence-corrected chi connectivity index (χ1v) is 11.3. The van der Waals surface area contributed by atoms with E-state index in [-0.39, 0.29) is 11.8 Å². The first-order chi connectivity index (χ1) is 13.7. The molecule has 144 valence electrons. The fraction of sp³-hybridized carbons (Fsp3) is 0.333. The van der Waals surface area contributed by atoms with Gasteiger partial charge >= 0.3 is 0 Å². The number of hydrogen-bond donors (Lipinski definition) is 0. The molecule has 0 aromatic carbocycles. The molecular formula is C21H22N4OS2. The van der Waals surface area contributed by atoms with E-state index in [9.17, 15) is 4.79 Å². The highest BCUT2D eigenvalue weighted by atomic mass is 32.2. The number of thiophene rings is 1. The van der Waals surface area contributed by atoms with Crippen LogP contribution >= 0.6 is 23.1 Å². The highest BCUT2D eigenvalue weighted by Gasteiger charge is 2.28. The Hall–Kier alpha value is -2.25. The summed E-state index contributed by atoms with van der Waals surface area (Å²) in [5.74, 6) is 1.14. The number of carbonyl (C=O) groups excluding carboxylic acids is 1. The predicted octanol–water partition coefficient (Wildman–Crippen LogP) is 4.55. The number of pyridine rings is 1. The van der Waals surface area contributed by atoms with Crippen molar-refractivity contribution in [2.75, 3.05) is 13.1 Å². The highest BCUT2D eigenvalue weighted by molar-refractivity contribution is 7.98. The van der Waals surface area contributed by atoms with Crippen molar-refractivity contribution in [3.63, 3.8) is 0 Å². The van der Waals surface area contributed by atoms with E-state index in [1.807, 2.05) is 46.8 Å². The number of aryl methyl sites for hydroxylation is 1. The highest BCUT2D eigenvalue weighted by Crippen LogP contribution is 2.30.